The number of hydrogen-bond acceptors (Lipinski definition) is 4. The molecule has 0 bridgehead atoms. The summed E-state index contributed by atoms with van der Waals surface area (Å²) in [6.45, 7) is 0. The van der Waals surface area contributed by atoms with Gasteiger partial charge in [-0.3, -0.25) is 4.79 Å². The van der Waals surface area contributed by atoms with Crippen LogP contribution in [0, 0.1) is 0 Å². The van der Waals surface area contributed by atoms with Gasteiger partial charge < -0.3 is 4.74 Å². The maximum Gasteiger partial charge on any atom is 0.275 e. The molecule has 1 aromatic heterocycles. The van der Waals surface area contributed by atoms with E-state index in [1.165, 1.54) is 0 Å². The molecule has 5 rings (SSSR count). The molecule has 0 radical (unpaired) electrons. The van der Waals surface area contributed by atoms with E-state index < -0.39 is 0 Å². The van der Waals surface area contributed by atoms with Crippen LogP contribution in [0.3, 0.4) is 0 Å². The second-order valence-electron chi connectivity index (χ2n) is 7.64. The fourth-order valence-electron chi connectivity index (χ4n) is 3.86. The number of carbonyl (C=O) groups is 1. The summed E-state index contributed by atoms with van der Waals surface area (Å²) in [4.78, 5) is 13.2. The SMILES string of the molecule is COc1ccc2ccccc2c1C=NNC(=O)c1cn(-c2ccccc2)nc1-c1ccccc1. The molecular weight excluding hydrogens is 424 g/mol. The van der Waals surface area contributed by atoms with Gasteiger partial charge in [0.1, 0.15) is 11.4 Å². The number of rotatable bonds is 6. The number of ether oxygens (including phenoxy) is 1. The normalized spacial score (nSPS) is 11.1. The average molecular weight is 447 g/mol. The van der Waals surface area contributed by atoms with Crippen molar-refractivity contribution in [3.05, 3.63) is 114 Å². The number of methoxy groups -OCH3 is 1. The first kappa shape index (κ1) is 21.2. The number of aromatic nitrogens is 2. The van der Waals surface area contributed by atoms with Gasteiger partial charge in [0.15, 0.2) is 0 Å². The van der Waals surface area contributed by atoms with Gasteiger partial charge in [-0.05, 0) is 29.0 Å². The fraction of sp³-hybridized carbons (Fsp3) is 0.0357. The third-order valence-corrected chi connectivity index (χ3v) is 5.54. The van der Waals surface area contributed by atoms with Crippen molar-refractivity contribution in [2.45, 2.75) is 0 Å². The summed E-state index contributed by atoms with van der Waals surface area (Å²) in [5.74, 6) is 0.329. The van der Waals surface area contributed by atoms with Crippen molar-refractivity contribution in [1.82, 2.24) is 15.2 Å². The van der Waals surface area contributed by atoms with Crippen LogP contribution in [0.15, 0.2) is 108 Å². The van der Waals surface area contributed by atoms with E-state index in [1.54, 1.807) is 24.2 Å². The van der Waals surface area contributed by atoms with Crippen LogP contribution in [0.1, 0.15) is 15.9 Å². The minimum absolute atomic E-state index is 0.350. The third kappa shape index (κ3) is 4.17. The lowest BCUT2D eigenvalue weighted by Crippen LogP contribution is -2.18. The minimum atomic E-state index is -0.350. The highest BCUT2D eigenvalue weighted by molar-refractivity contribution is 6.04. The molecule has 0 spiro atoms. The first-order chi connectivity index (χ1) is 16.7. The van der Waals surface area contributed by atoms with Crippen molar-refractivity contribution in [2.24, 2.45) is 5.10 Å². The van der Waals surface area contributed by atoms with Crippen LogP contribution in [0.2, 0.25) is 0 Å². The molecule has 5 aromatic rings. The van der Waals surface area contributed by atoms with Gasteiger partial charge in [-0.1, -0.05) is 78.9 Å². The highest BCUT2D eigenvalue weighted by Crippen LogP contribution is 2.27. The molecule has 0 atom stereocenters. The van der Waals surface area contributed by atoms with Gasteiger partial charge in [-0.2, -0.15) is 10.2 Å². The number of amides is 1. The van der Waals surface area contributed by atoms with Gasteiger partial charge in [0.05, 0.1) is 24.6 Å². The van der Waals surface area contributed by atoms with Crippen LogP contribution in [0.5, 0.6) is 5.75 Å². The zero-order valence-electron chi connectivity index (χ0n) is 18.6. The van der Waals surface area contributed by atoms with E-state index in [0.717, 1.165) is 27.6 Å². The molecule has 0 fully saturated rings. The Hall–Kier alpha value is -4.71. The Morgan fingerprint density at radius 1 is 0.912 bits per heavy atom. The number of hydrogen-bond donors (Lipinski definition) is 1. The van der Waals surface area contributed by atoms with Gasteiger partial charge in [0.25, 0.3) is 5.91 Å². The smallest absolute Gasteiger partial charge is 0.275 e. The number of fused-ring (bicyclic) bond motifs is 1. The minimum Gasteiger partial charge on any atom is -0.496 e. The van der Waals surface area contributed by atoms with Gasteiger partial charge in [-0.25, -0.2) is 10.1 Å². The lowest BCUT2D eigenvalue weighted by Gasteiger charge is -2.08. The molecule has 166 valence electrons. The summed E-state index contributed by atoms with van der Waals surface area (Å²) in [5, 5.41) is 11.0. The number of nitrogens with one attached hydrogen (secondary N) is 1. The van der Waals surface area contributed by atoms with Crippen molar-refractivity contribution in [3.8, 4) is 22.7 Å². The molecule has 34 heavy (non-hydrogen) atoms. The summed E-state index contributed by atoms with van der Waals surface area (Å²) in [6.07, 6.45) is 3.34. The van der Waals surface area contributed by atoms with E-state index >= 15 is 0 Å². The predicted octanol–water partition coefficient (Wildman–Crippen LogP) is 5.47. The van der Waals surface area contributed by atoms with E-state index in [9.17, 15) is 4.79 Å². The molecule has 1 heterocycles. The number of hydrazone groups is 1. The van der Waals surface area contributed by atoms with Crippen molar-refractivity contribution < 1.29 is 9.53 Å². The van der Waals surface area contributed by atoms with E-state index in [-0.39, 0.29) is 5.91 Å². The highest BCUT2D eigenvalue weighted by Gasteiger charge is 2.18. The second kappa shape index (κ2) is 9.42. The van der Waals surface area contributed by atoms with E-state index in [0.29, 0.717) is 17.0 Å². The fourth-order valence-corrected chi connectivity index (χ4v) is 3.86. The topological polar surface area (TPSA) is 68.5 Å². The first-order valence-corrected chi connectivity index (χ1v) is 10.8. The Labute approximate surface area is 197 Å². The number of benzene rings is 4. The molecule has 4 aromatic carbocycles. The Bertz CT molecular complexity index is 1470. The zero-order chi connectivity index (χ0) is 23.3. The van der Waals surface area contributed by atoms with Crippen molar-refractivity contribution in [1.29, 1.82) is 0 Å². The quantitative estimate of drug-likeness (QED) is 0.278. The lowest BCUT2D eigenvalue weighted by molar-refractivity contribution is 0.0955. The summed E-state index contributed by atoms with van der Waals surface area (Å²) < 4.78 is 7.21. The Balaban J connectivity index is 1.48. The second-order valence-corrected chi connectivity index (χ2v) is 7.64. The molecule has 0 aliphatic rings. The van der Waals surface area contributed by atoms with E-state index in [1.807, 2.05) is 97.1 Å². The molecule has 0 aliphatic heterocycles. The molecule has 0 saturated heterocycles. The van der Waals surface area contributed by atoms with E-state index in [2.05, 4.69) is 10.5 Å². The summed E-state index contributed by atoms with van der Waals surface area (Å²) in [5.41, 5.74) is 6.18. The van der Waals surface area contributed by atoms with Crippen molar-refractivity contribution in [3.63, 3.8) is 0 Å². The molecule has 1 N–H and O–H groups in total. The molecule has 0 aliphatic carbocycles. The zero-order valence-corrected chi connectivity index (χ0v) is 18.6. The Morgan fingerprint density at radius 2 is 1.62 bits per heavy atom. The van der Waals surface area contributed by atoms with Crippen LogP contribution < -0.4 is 10.2 Å². The predicted molar refractivity (Wildman–Crippen MR) is 135 cm³/mol. The molecule has 6 nitrogen and oxygen atoms in total. The summed E-state index contributed by atoms with van der Waals surface area (Å²) in [6, 6.07) is 31.2. The van der Waals surface area contributed by atoms with Crippen LogP contribution >= 0.6 is 0 Å². The lowest BCUT2D eigenvalue weighted by atomic mass is 10.0. The largest absolute Gasteiger partial charge is 0.496 e. The van der Waals surface area contributed by atoms with Crippen molar-refractivity contribution in [2.75, 3.05) is 7.11 Å². The standard InChI is InChI=1S/C28H22N4O2/c1-34-26-17-16-20-10-8-9-15-23(20)24(26)18-29-30-28(33)25-19-32(22-13-6-3-7-14-22)31-27(25)21-11-4-2-5-12-21/h2-19H,1H3,(H,30,33). The van der Waals surface area contributed by atoms with Gasteiger partial charge in [0.2, 0.25) is 0 Å². The van der Waals surface area contributed by atoms with E-state index in [4.69, 9.17) is 9.84 Å². The molecule has 6 heteroatoms. The summed E-state index contributed by atoms with van der Waals surface area (Å²) in [7, 11) is 1.62. The maximum absolute atomic E-state index is 13.2. The molecule has 1 amide bonds. The van der Waals surface area contributed by atoms with Crippen LogP contribution in [-0.2, 0) is 0 Å². The molecule has 0 unspecified atom stereocenters. The van der Waals surface area contributed by atoms with Gasteiger partial charge >= 0.3 is 0 Å². The van der Waals surface area contributed by atoms with Crippen LogP contribution in [0.25, 0.3) is 27.7 Å². The average Bonchev–Trinajstić information content (AvgIpc) is 3.35. The number of nitrogens with zero attached hydrogens (tertiary/aromatic N) is 3. The van der Waals surface area contributed by atoms with Crippen LogP contribution in [0.4, 0.5) is 0 Å². The van der Waals surface area contributed by atoms with Gasteiger partial charge in [-0.15, -0.1) is 0 Å². The monoisotopic (exact) mass is 446 g/mol. The van der Waals surface area contributed by atoms with Crippen LogP contribution in [-0.4, -0.2) is 29.0 Å². The summed E-state index contributed by atoms with van der Waals surface area (Å²) >= 11 is 0. The third-order valence-electron chi connectivity index (χ3n) is 5.54. The number of para-hydroxylation sites is 1. The maximum atomic E-state index is 13.2. The Morgan fingerprint density at radius 3 is 2.38 bits per heavy atom. The first-order valence-electron chi connectivity index (χ1n) is 10.8. The van der Waals surface area contributed by atoms with Gasteiger partial charge in [0, 0.05) is 17.3 Å². The number of carbonyl (C=O) groups excluding carboxylic acids is 1. The molecular formula is C28H22N4O2. The Kier molecular flexibility index (Phi) is 5.86. The molecule has 0 saturated carbocycles. The van der Waals surface area contributed by atoms with Crippen molar-refractivity contribution >= 4 is 22.9 Å². The highest BCUT2D eigenvalue weighted by atomic mass is 16.5.